The van der Waals surface area contributed by atoms with Crippen LogP contribution in [0.25, 0.3) is 0 Å². The van der Waals surface area contributed by atoms with Gasteiger partial charge < -0.3 is 5.32 Å². The summed E-state index contributed by atoms with van der Waals surface area (Å²) in [6.45, 7) is 0.295. The van der Waals surface area contributed by atoms with Crippen molar-refractivity contribution in [2.75, 3.05) is 5.32 Å². The Kier molecular flexibility index (Phi) is 4.32. The van der Waals surface area contributed by atoms with Crippen molar-refractivity contribution < 1.29 is 13.2 Å². The van der Waals surface area contributed by atoms with E-state index in [2.05, 4.69) is 5.32 Å². The minimum atomic E-state index is -2.50. The second-order valence-electron chi connectivity index (χ2n) is 4.02. The third kappa shape index (κ3) is 3.64. The molecule has 0 heterocycles. The lowest BCUT2D eigenvalue weighted by molar-refractivity contribution is 0.151. The SMILES string of the molecule is Fc1ccc(Cl)c(NCc2cccc(C(F)F)c2)c1. The van der Waals surface area contributed by atoms with Crippen LogP contribution in [0, 0.1) is 5.82 Å². The molecule has 0 aliphatic carbocycles. The molecule has 0 fully saturated rings. The van der Waals surface area contributed by atoms with E-state index in [1.807, 2.05) is 0 Å². The molecule has 0 saturated heterocycles. The highest BCUT2D eigenvalue weighted by Gasteiger charge is 2.07. The summed E-state index contributed by atoms with van der Waals surface area (Å²) in [5, 5.41) is 3.30. The van der Waals surface area contributed by atoms with Crippen molar-refractivity contribution >= 4 is 17.3 Å². The van der Waals surface area contributed by atoms with Crippen molar-refractivity contribution in [1.82, 2.24) is 0 Å². The van der Waals surface area contributed by atoms with Crippen molar-refractivity contribution in [2.45, 2.75) is 13.0 Å². The maximum absolute atomic E-state index is 13.0. The fourth-order valence-corrected chi connectivity index (χ4v) is 1.85. The number of benzene rings is 2. The van der Waals surface area contributed by atoms with E-state index in [1.165, 1.54) is 30.3 Å². The predicted molar refractivity (Wildman–Crippen MR) is 70.1 cm³/mol. The Morgan fingerprint density at radius 3 is 2.63 bits per heavy atom. The lowest BCUT2D eigenvalue weighted by Gasteiger charge is -2.09. The Morgan fingerprint density at radius 1 is 1.11 bits per heavy atom. The van der Waals surface area contributed by atoms with Crippen molar-refractivity contribution in [3.8, 4) is 0 Å². The number of nitrogens with one attached hydrogen (secondary N) is 1. The highest BCUT2D eigenvalue weighted by molar-refractivity contribution is 6.33. The third-order valence-corrected chi connectivity index (χ3v) is 2.94. The fourth-order valence-electron chi connectivity index (χ4n) is 1.67. The Morgan fingerprint density at radius 2 is 1.89 bits per heavy atom. The Labute approximate surface area is 114 Å². The van der Waals surface area contributed by atoms with Gasteiger partial charge in [-0.25, -0.2) is 13.2 Å². The maximum atomic E-state index is 13.0. The number of halogens is 4. The largest absolute Gasteiger partial charge is 0.380 e. The van der Waals surface area contributed by atoms with E-state index in [1.54, 1.807) is 12.1 Å². The van der Waals surface area contributed by atoms with Gasteiger partial charge in [0.2, 0.25) is 0 Å². The normalized spacial score (nSPS) is 10.8. The van der Waals surface area contributed by atoms with Gasteiger partial charge in [0, 0.05) is 12.1 Å². The van der Waals surface area contributed by atoms with Crippen molar-refractivity contribution in [3.63, 3.8) is 0 Å². The summed E-state index contributed by atoms with van der Waals surface area (Å²) < 4.78 is 38.1. The van der Waals surface area contributed by atoms with Gasteiger partial charge in [-0.15, -0.1) is 0 Å². The second kappa shape index (κ2) is 5.97. The topological polar surface area (TPSA) is 12.0 Å². The van der Waals surface area contributed by atoms with Crippen LogP contribution in [-0.2, 0) is 6.54 Å². The number of anilines is 1. The van der Waals surface area contributed by atoms with E-state index in [9.17, 15) is 13.2 Å². The van der Waals surface area contributed by atoms with Gasteiger partial charge in [-0.2, -0.15) is 0 Å². The van der Waals surface area contributed by atoms with Gasteiger partial charge in [0.1, 0.15) is 5.82 Å². The minimum absolute atomic E-state index is 0.0374. The summed E-state index contributed by atoms with van der Waals surface area (Å²) >= 11 is 5.90. The van der Waals surface area contributed by atoms with Gasteiger partial charge in [0.25, 0.3) is 6.43 Å². The first kappa shape index (κ1) is 13.7. The molecule has 19 heavy (non-hydrogen) atoms. The Balaban J connectivity index is 2.10. The van der Waals surface area contributed by atoms with Crippen LogP contribution in [-0.4, -0.2) is 0 Å². The lowest BCUT2D eigenvalue weighted by atomic mass is 10.1. The van der Waals surface area contributed by atoms with Crippen LogP contribution < -0.4 is 5.32 Å². The summed E-state index contributed by atoms with van der Waals surface area (Å²) in [5.41, 5.74) is 1.08. The van der Waals surface area contributed by atoms with Crippen molar-refractivity contribution in [3.05, 3.63) is 64.4 Å². The second-order valence-corrected chi connectivity index (χ2v) is 4.43. The average molecular weight is 286 g/mol. The quantitative estimate of drug-likeness (QED) is 0.831. The standard InChI is InChI=1S/C14H11ClF3N/c15-12-5-4-11(16)7-13(12)19-8-9-2-1-3-10(6-9)14(17)18/h1-7,14,19H,8H2. The van der Waals surface area contributed by atoms with Crippen molar-refractivity contribution in [2.24, 2.45) is 0 Å². The summed E-state index contributed by atoms with van der Waals surface area (Å²) in [5.74, 6) is -0.409. The molecule has 2 aromatic carbocycles. The number of alkyl halides is 2. The minimum Gasteiger partial charge on any atom is -0.380 e. The molecule has 2 aromatic rings. The number of hydrogen-bond donors (Lipinski definition) is 1. The zero-order valence-corrected chi connectivity index (χ0v) is 10.6. The van der Waals surface area contributed by atoms with Crippen LogP contribution in [0.1, 0.15) is 17.6 Å². The lowest BCUT2D eigenvalue weighted by Crippen LogP contribution is -2.01. The first-order valence-electron chi connectivity index (χ1n) is 5.62. The van der Waals surface area contributed by atoms with Gasteiger partial charge in [-0.3, -0.25) is 0 Å². The van der Waals surface area contributed by atoms with E-state index < -0.39 is 12.2 Å². The van der Waals surface area contributed by atoms with E-state index in [0.717, 1.165) is 0 Å². The maximum Gasteiger partial charge on any atom is 0.263 e. The van der Waals surface area contributed by atoms with Crippen LogP contribution in [0.2, 0.25) is 5.02 Å². The fraction of sp³-hybridized carbons (Fsp3) is 0.143. The number of hydrogen-bond acceptors (Lipinski definition) is 1. The molecule has 0 radical (unpaired) electrons. The van der Waals surface area contributed by atoms with Gasteiger partial charge in [0.15, 0.2) is 0 Å². The molecular weight excluding hydrogens is 275 g/mol. The van der Waals surface area contributed by atoms with Gasteiger partial charge >= 0.3 is 0 Å². The van der Waals surface area contributed by atoms with Gasteiger partial charge in [-0.05, 0) is 29.8 Å². The van der Waals surface area contributed by atoms with Crippen LogP contribution in [0.3, 0.4) is 0 Å². The van der Waals surface area contributed by atoms with Crippen LogP contribution in [0.4, 0.5) is 18.9 Å². The van der Waals surface area contributed by atoms with Crippen LogP contribution in [0.5, 0.6) is 0 Å². The molecule has 1 N–H and O–H groups in total. The highest BCUT2D eigenvalue weighted by Crippen LogP contribution is 2.24. The summed E-state index contributed by atoms with van der Waals surface area (Å²) in [6.07, 6.45) is -2.50. The van der Waals surface area contributed by atoms with E-state index in [4.69, 9.17) is 11.6 Å². The van der Waals surface area contributed by atoms with Crippen LogP contribution >= 0.6 is 11.6 Å². The molecule has 0 spiro atoms. The zero-order valence-electron chi connectivity index (χ0n) is 9.84. The molecule has 100 valence electrons. The third-order valence-electron chi connectivity index (χ3n) is 2.61. The molecule has 0 atom stereocenters. The van der Waals surface area contributed by atoms with Gasteiger partial charge in [0.05, 0.1) is 10.7 Å². The molecule has 0 unspecified atom stereocenters. The first-order valence-corrected chi connectivity index (χ1v) is 6.00. The predicted octanol–water partition coefficient (Wildman–Crippen LogP) is 5.03. The molecule has 2 rings (SSSR count). The van der Waals surface area contributed by atoms with E-state index >= 15 is 0 Å². The molecule has 5 heteroatoms. The molecule has 0 saturated carbocycles. The van der Waals surface area contributed by atoms with Crippen molar-refractivity contribution in [1.29, 1.82) is 0 Å². The zero-order chi connectivity index (χ0) is 13.8. The Bertz CT molecular complexity index is 572. The molecule has 1 nitrogen and oxygen atoms in total. The monoisotopic (exact) mass is 285 g/mol. The molecule has 0 aliphatic rings. The average Bonchev–Trinajstić information content (AvgIpc) is 2.40. The first-order chi connectivity index (χ1) is 9.06. The number of rotatable bonds is 4. The molecule has 0 aromatic heterocycles. The highest BCUT2D eigenvalue weighted by atomic mass is 35.5. The van der Waals surface area contributed by atoms with E-state index in [0.29, 0.717) is 22.8 Å². The van der Waals surface area contributed by atoms with E-state index in [-0.39, 0.29) is 5.56 Å². The van der Waals surface area contributed by atoms with Gasteiger partial charge in [-0.1, -0.05) is 29.8 Å². The van der Waals surface area contributed by atoms with Crippen LogP contribution in [0.15, 0.2) is 42.5 Å². The molecule has 0 aliphatic heterocycles. The smallest absolute Gasteiger partial charge is 0.263 e. The Hall–Kier alpha value is -1.68. The molecule has 0 amide bonds. The molecular formula is C14H11ClF3N. The summed E-state index contributed by atoms with van der Waals surface area (Å²) in [6, 6.07) is 10.0. The molecule has 0 bridgehead atoms. The summed E-state index contributed by atoms with van der Waals surface area (Å²) in [4.78, 5) is 0. The summed E-state index contributed by atoms with van der Waals surface area (Å²) in [7, 11) is 0.